The second-order valence-corrected chi connectivity index (χ2v) is 7.80. The Morgan fingerprint density at radius 1 is 1.07 bits per heavy atom. The molecule has 6 nitrogen and oxygen atoms in total. The number of nitrogens with two attached hydrogens (primary N) is 1. The molecule has 1 aliphatic heterocycles. The molecule has 7 heteroatoms. The number of hydrogen-bond acceptors (Lipinski definition) is 4. The molecule has 3 N–H and O–H groups in total. The lowest BCUT2D eigenvalue weighted by atomic mass is 9.65. The third-order valence-electron chi connectivity index (χ3n) is 6.18. The van der Waals surface area contributed by atoms with Crippen molar-refractivity contribution in [1.29, 1.82) is 5.41 Å². The van der Waals surface area contributed by atoms with Crippen molar-refractivity contribution in [3.63, 3.8) is 0 Å². The summed E-state index contributed by atoms with van der Waals surface area (Å²) >= 11 is 0. The van der Waals surface area contributed by atoms with Gasteiger partial charge in [0.2, 0.25) is 0 Å². The predicted molar refractivity (Wildman–Crippen MR) is 104 cm³/mol. The highest BCUT2D eigenvalue weighted by Crippen LogP contribution is 2.47. The Bertz CT molecular complexity index is 687. The van der Waals surface area contributed by atoms with E-state index in [2.05, 4.69) is 0 Å². The van der Waals surface area contributed by atoms with Crippen LogP contribution >= 0.6 is 12.4 Å². The Labute approximate surface area is 166 Å². The van der Waals surface area contributed by atoms with E-state index in [1.54, 1.807) is 24.3 Å². The molecule has 0 bridgehead atoms. The van der Waals surface area contributed by atoms with Gasteiger partial charge in [-0.25, -0.2) is 0 Å². The fourth-order valence-electron chi connectivity index (χ4n) is 4.39. The van der Waals surface area contributed by atoms with Crippen LogP contribution in [-0.4, -0.2) is 35.7 Å². The van der Waals surface area contributed by atoms with E-state index in [1.807, 2.05) is 4.90 Å². The lowest BCUT2D eigenvalue weighted by molar-refractivity contribution is -0.307. The van der Waals surface area contributed by atoms with E-state index in [1.165, 1.54) is 0 Å². The molecule has 0 aromatic heterocycles. The molecule has 1 heterocycles. The van der Waals surface area contributed by atoms with Crippen molar-refractivity contribution in [3.8, 4) is 0 Å². The van der Waals surface area contributed by atoms with E-state index in [0.29, 0.717) is 11.1 Å². The third kappa shape index (κ3) is 5.01. The van der Waals surface area contributed by atoms with Gasteiger partial charge in [0, 0.05) is 30.2 Å². The maximum atomic E-state index is 12.7. The number of hydrogen-bond donors (Lipinski definition) is 2. The number of carbonyl (C=O) groups is 2. The fourth-order valence-corrected chi connectivity index (χ4v) is 4.39. The Morgan fingerprint density at radius 2 is 1.59 bits per heavy atom. The van der Waals surface area contributed by atoms with Crippen LogP contribution in [0.4, 0.5) is 0 Å². The highest BCUT2D eigenvalue weighted by Gasteiger charge is 2.38. The summed E-state index contributed by atoms with van der Waals surface area (Å²) in [5.41, 5.74) is 6.97. The Kier molecular flexibility index (Phi) is 6.87. The molecule has 1 saturated heterocycles. The number of carboxylic acid groups (broad SMARTS) is 1. The number of aliphatic carboxylic acids is 1. The minimum Gasteiger partial charge on any atom is -0.550 e. The van der Waals surface area contributed by atoms with Gasteiger partial charge in [-0.05, 0) is 68.4 Å². The molecule has 2 aliphatic rings. The van der Waals surface area contributed by atoms with E-state index in [-0.39, 0.29) is 41.9 Å². The Hall–Kier alpha value is -2.08. The van der Waals surface area contributed by atoms with Crippen LogP contribution in [0.2, 0.25) is 0 Å². The number of nitrogens with one attached hydrogen (secondary N) is 1. The van der Waals surface area contributed by atoms with Gasteiger partial charge in [0.15, 0.2) is 0 Å². The highest BCUT2D eigenvalue weighted by atomic mass is 35.5. The number of carboxylic acids is 1. The Balaban J connectivity index is 0.00000261. The molecule has 2 fully saturated rings. The van der Waals surface area contributed by atoms with E-state index in [4.69, 9.17) is 11.1 Å². The first-order valence-corrected chi connectivity index (χ1v) is 9.32. The second kappa shape index (κ2) is 8.74. The normalized spacial score (nSPS) is 19.3. The van der Waals surface area contributed by atoms with Gasteiger partial charge < -0.3 is 20.5 Å². The second-order valence-electron chi connectivity index (χ2n) is 7.80. The number of likely N-dealkylation sites (tertiary alicyclic amines) is 1. The molecule has 0 atom stereocenters. The van der Waals surface area contributed by atoms with Crippen LogP contribution < -0.4 is 10.8 Å². The van der Waals surface area contributed by atoms with Gasteiger partial charge in [0.05, 0.1) is 0 Å². The molecular weight excluding hydrogens is 366 g/mol. The number of nitrogens with zero attached hydrogens (tertiary/aromatic N) is 1. The number of amidine groups is 1. The number of carbonyl (C=O) groups excluding carboxylic acids is 2. The molecule has 3 rings (SSSR count). The van der Waals surface area contributed by atoms with Crippen molar-refractivity contribution in [2.45, 2.75) is 44.9 Å². The van der Waals surface area contributed by atoms with Crippen LogP contribution in [0.1, 0.15) is 60.9 Å². The average molecular weight is 393 g/mol. The van der Waals surface area contributed by atoms with Crippen molar-refractivity contribution in [1.82, 2.24) is 4.90 Å². The van der Waals surface area contributed by atoms with Crippen LogP contribution in [0.3, 0.4) is 0 Å². The van der Waals surface area contributed by atoms with Gasteiger partial charge in [0.25, 0.3) is 5.91 Å². The molecule has 1 aromatic carbocycles. The molecule has 1 saturated carbocycles. The molecule has 1 aliphatic carbocycles. The van der Waals surface area contributed by atoms with Crippen LogP contribution in [0.15, 0.2) is 24.3 Å². The van der Waals surface area contributed by atoms with Crippen molar-refractivity contribution in [2.75, 3.05) is 13.1 Å². The zero-order valence-electron chi connectivity index (χ0n) is 15.4. The first-order valence-electron chi connectivity index (χ1n) is 9.32. The van der Waals surface area contributed by atoms with Gasteiger partial charge in [-0.1, -0.05) is 12.1 Å². The van der Waals surface area contributed by atoms with Gasteiger partial charge in [-0.15, -0.1) is 12.4 Å². The summed E-state index contributed by atoms with van der Waals surface area (Å²) in [4.78, 5) is 25.4. The zero-order valence-corrected chi connectivity index (χ0v) is 16.2. The van der Waals surface area contributed by atoms with Gasteiger partial charge >= 0.3 is 0 Å². The number of rotatable bonds is 4. The molecule has 1 aromatic rings. The van der Waals surface area contributed by atoms with Crippen LogP contribution in [0.25, 0.3) is 0 Å². The SMILES string of the molecule is Cl.N=C(N)c1ccc(C(=O)N2CCC3(CCC(CC(=O)[O-])CC3)CC2)cc1. The summed E-state index contributed by atoms with van der Waals surface area (Å²) in [6.45, 7) is 1.50. The minimum absolute atomic E-state index is 0. The molecule has 0 radical (unpaired) electrons. The number of piperidine rings is 1. The number of amides is 1. The quantitative estimate of drug-likeness (QED) is 0.602. The van der Waals surface area contributed by atoms with Crippen molar-refractivity contribution in [3.05, 3.63) is 35.4 Å². The maximum absolute atomic E-state index is 12.7. The third-order valence-corrected chi connectivity index (χ3v) is 6.18. The van der Waals surface area contributed by atoms with Gasteiger partial charge in [0.1, 0.15) is 5.84 Å². The largest absolute Gasteiger partial charge is 0.550 e. The highest BCUT2D eigenvalue weighted by molar-refractivity contribution is 5.98. The molecule has 27 heavy (non-hydrogen) atoms. The van der Waals surface area contributed by atoms with E-state index >= 15 is 0 Å². The van der Waals surface area contributed by atoms with Crippen molar-refractivity contribution < 1.29 is 14.7 Å². The summed E-state index contributed by atoms with van der Waals surface area (Å²) in [6.07, 6.45) is 6.17. The van der Waals surface area contributed by atoms with E-state index < -0.39 is 5.97 Å². The summed E-state index contributed by atoms with van der Waals surface area (Å²) in [5.74, 6) is -0.661. The maximum Gasteiger partial charge on any atom is 0.253 e. The van der Waals surface area contributed by atoms with E-state index in [0.717, 1.165) is 51.6 Å². The van der Waals surface area contributed by atoms with Crippen LogP contribution in [0.5, 0.6) is 0 Å². The first kappa shape index (κ1) is 21.2. The van der Waals surface area contributed by atoms with Crippen molar-refractivity contribution in [2.24, 2.45) is 17.1 Å². The zero-order chi connectivity index (χ0) is 18.7. The fraction of sp³-hybridized carbons (Fsp3) is 0.550. The monoisotopic (exact) mass is 392 g/mol. The molecule has 1 amide bonds. The van der Waals surface area contributed by atoms with Crippen LogP contribution in [0, 0.1) is 16.7 Å². The molecule has 1 spiro atoms. The summed E-state index contributed by atoms with van der Waals surface area (Å²) in [6, 6.07) is 6.88. The lowest BCUT2D eigenvalue weighted by Gasteiger charge is -2.46. The number of benzene rings is 1. The molecular formula is C20H27ClN3O3-. The molecule has 0 unspecified atom stereocenters. The summed E-state index contributed by atoms with van der Waals surface area (Å²) < 4.78 is 0. The minimum atomic E-state index is -0.942. The van der Waals surface area contributed by atoms with Crippen molar-refractivity contribution >= 4 is 30.1 Å². The topological polar surface area (TPSA) is 110 Å². The smallest absolute Gasteiger partial charge is 0.253 e. The van der Waals surface area contributed by atoms with Gasteiger partial charge in [-0.3, -0.25) is 10.2 Å². The summed E-state index contributed by atoms with van der Waals surface area (Å²) in [5, 5.41) is 18.2. The van der Waals surface area contributed by atoms with Gasteiger partial charge in [-0.2, -0.15) is 0 Å². The van der Waals surface area contributed by atoms with Crippen LogP contribution in [-0.2, 0) is 4.79 Å². The predicted octanol–water partition coefficient (Wildman–Crippen LogP) is 1.95. The number of halogens is 1. The summed E-state index contributed by atoms with van der Waals surface area (Å²) in [7, 11) is 0. The average Bonchev–Trinajstić information content (AvgIpc) is 2.64. The number of nitrogen functional groups attached to an aromatic ring is 1. The standard InChI is InChI=1S/C20H27N3O3.ClH/c21-18(22)15-1-3-16(4-2-15)19(26)23-11-9-20(10-12-23)7-5-14(6-8-20)13-17(24)25;/h1-4,14H,5-13H2,(H3,21,22)(H,24,25);1H/p-1. The molecule has 148 valence electrons. The Morgan fingerprint density at radius 3 is 2.07 bits per heavy atom. The first-order chi connectivity index (χ1) is 12.4. The lowest BCUT2D eigenvalue weighted by Crippen LogP contribution is -2.44. The van der Waals surface area contributed by atoms with E-state index in [9.17, 15) is 14.7 Å².